The molecule has 2 aliphatic heterocycles. The van der Waals surface area contributed by atoms with Crippen LogP contribution in [0.1, 0.15) is 63.1 Å². The molecule has 176 valence electrons. The molecule has 9 heteroatoms. The van der Waals surface area contributed by atoms with Crippen LogP contribution in [0.3, 0.4) is 0 Å². The molecular formula is C24H30N4O3S2. The molecule has 1 aliphatic carbocycles. The summed E-state index contributed by atoms with van der Waals surface area (Å²) >= 11 is 6.90. The summed E-state index contributed by atoms with van der Waals surface area (Å²) in [6.45, 7) is 9.39. The van der Waals surface area contributed by atoms with Crippen LogP contribution in [0.15, 0.2) is 9.70 Å². The summed E-state index contributed by atoms with van der Waals surface area (Å²) in [4.78, 5) is 31.0. The highest BCUT2D eigenvalue weighted by molar-refractivity contribution is 8.26. The molecule has 1 aromatic heterocycles. The van der Waals surface area contributed by atoms with Gasteiger partial charge in [0, 0.05) is 31.2 Å². The maximum absolute atomic E-state index is 13.4. The summed E-state index contributed by atoms with van der Waals surface area (Å²) < 4.78 is 8.16. The fourth-order valence-corrected chi connectivity index (χ4v) is 6.60. The van der Waals surface area contributed by atoms with E-state index in [1.54, 1.807) is 16.4 Å². The Morgan fingerprint density at radius 1 is 1.21 bits per heavy atom. The minimum absolute atomic E-state index is 0.00136. The number of rotatable bonds is 4. The molecule has 1 amide bonds. The van der Waals surface area contributed by atoms with Crippen molar-refractivity contribution in [1.82, 2.24) is 9.47 Å². The number of aromatic nitrogens is 1. The van der Waals surface area contributed by atoms with Gasteiger partial charge in [0.05, 0.1) is 17.1 Å². The standard InChI is InChI=1S/C24H30N4O3S2/c1-5-27-21(26-12-14(2)31-15(3)13-26)18(16(4)19(11-25)22(27)29)10-20-23(30)28(24(32)33-20)17-8-6-7-9-17/h10,14-15,17H,5-9,12-13H2,1-4H3/b20-10-. The molecule has 2 atom stereocenters. The maximum atomic E-state index is 13.4. The molecular weight excluding hydrogens is 456 g/mol. The number of carbonyl (C=O) groups is 1. The molecule has 4 rings (SSSR count). The summed E-state index contributed by atoms with van der Waals surface area (Å²) in [7, 11) is 0. The summed E-state index contributed by atoms with van der Waals surface area (Å²) in [5.74, 6) is 0.672. The number of thioether (sulfide) groups is 1. The van der Waals surface area contributed by atoms with Crippen LogP contribution in [0.2, 0.25) is 0 Å². The lowest BCUT2D eigenvalue weighted by Gasteiger charge is -2.39. The monoisotopic (exact) mass is 486 g/mol. The van der Waals surface area contributed by atoms with E-state index < -0.39 is 0 Å². The summed E-state index contributed by atoms with van der Waals surface area (Å²) in [6.07, 6.45) is 6.03. The number of pyridine rings is 1. The summed E-state index contributed by atoms with van der Waals surface area (Å²) in [5, 5.41) is 9.75. The van der Waals surface area contributed by atoms with Gasteiger partial charge in [0.25, 0.3) is 11.5 Å². The Hall–Kier alpha value is -2.15. The van der Waals surface area contributed by atoms with Gasteiger partial charge in [-0.05, 0) is 52.2 Å². The largest absolute Gasteiger partial charge is 0.372 e. The zero-order chi connectivity index (χ0) is 23.9. The lowest BCUT2D eigenvalue weighted by Crippen LogP contribution is -2.48. The van der Waals surface area contributed by atoms with E-state index in [4.69, 9.17) is 17.0 Å². The molecule has 33 heavy (non-hydrogen) atoms. The Kier molecular flexibility index (Phi) is 6.99. The molecule has 3 fully saturated rings. The predicted octanol–water partition coefficient (Wildman–Crippen LogP) is 3.81. The van der Waals surface area contributed by atoms with Gasteiger partial charge in [0.2, 0.25) is 0 Å². The molecule has 0 spiro atoms. The number of carbonyl (C=O) groups excluding carboxylic acids is 1. The van der Waals surface area contributed by atoms with Crippen molar-refractivity contribution < 1.29 is 9.53 Å². The van der Waals surface area contributed by atoms with Gasteiger partial charge in [0.15, 0.2) is 0 Å². The topological polar surface area (TPSA) is 78.6 Å². The van der Waals surface area contributed by atoms with Crippen LogP contribution in [-0.2, 0) is 16.1 Å². The highest BCUT2D eigenvalue weighted by Gasteiger charge is 2.39. The van der Waals surface area contributed by atoms with Crippen LogP contribution in [0.25, 0.3) is 6.08 Å². The van der Waals surface area contributed by atoms with E-state index >= 15 is 0 Å². The van der Waals surface area contributed by atoms with Gasteiger partial charge >= 0.3 is 0 Å². The van der Waals surface area contributed by atoms with Gasteiger partial charge in [-0.25, -0.2) is 0 Å². The van der Waals surface area contributed by atoms with Crippen molar-refractivity contribution in [3.63, 3.8) is 0 Å². The van der Waals surface area contributed by atoms with Crippen molar-refractivity contribution in [2.45, 2.75) is 78.2 Å². The third-order valence-electron chi connectivity index (χ3n) is 6.67. The van der Waals surface area contributed by atoms with E-state index in [0.29, 0.717) is 34.4 Å². The van der Waals surface area contributed by atoms with Gasteiger partial charge < -0.3 is 9.64 Å². The number of morpholine rings is 1. The number of hydrogen-bond donors (Lipinski definition) is 0. The minimum atomic E-state index is -0.296. The molecule has 1 saturated carbocycles. The average molecular weight is 487 g/mol. The van der Waals surface area contributed by atoms with Crippen molar-refractivity contribution in [3.05, 3.63) is 31.9 Å². The molecule has 1 aromatic rings. The summed E-state index contributed by atoms with van der Waals surface area (Å²) in [6, 6.07) is 2.26. The molecule has 0 N–H and O–H groups in total. The Balaban J connectivity index is 1.87. The van der Waals surface area contributed by atoms with Gasteiger partial charge in [-0.1, -0.05) is 36.8 Å². The smallest absolute Gasteiger partial charge is 0.270 e. The Bertz CT molecular complexity index is 1100. The lowest BCUT2D eigenvalue weighted by molar-refractivity contribution is -0.123. The molecule has 0 bridgehead atoms. The number of thiocarbonyl (C=S) groups is 1. The van der Waals surface area contributed by atoms with Gasteiger partial charge in [0.1, 0.15) is 21.8 Å². The SMILES string of the molecule is CCn1c(N2CC(C)OC(C)C2)c(/C=C2\SC(=S)N(C3CCCC3)C2=O)c(C)c(C#N)c1=O. The first-order valence-electron chi connectivity index (χ1n) is 11.6. The zero-order valence-electron chi connectivity index (χ0n) is 19.6. The summed E-state index contributed by atoms with van der Waals surface area (Å²) in [5.41, 5.74) is 1.16. The fraction of sp³-hybridized carbons (Fsp3) is 0.583. The first kappa shape index (κ1) is 24.0. The quantitative estimate of drug-likeness (QED) is 0.473. The van der Waals surface area contributed by atoms with E-state index in [1.165, 1.54) is 11.8 Å². The second-order valence-corrected chi connectivity index (χ2v) is 10.7. The minimum Gasteiger partial charge on any atom is -0.372 e. The van der Waals surface area contributed by atoms with Crippen molar-refractivity contribution in [2.24, 2.45) is 0 Å². The van der Waals surface area contributed by atoms with Crippen molar-refractivity contribution in [3.8, 4) is 6.07 Å². The number of anilines is 1. The van der Waals surface area contributed by atoms with Crippen molar-refractivity contribution in [1.29, 1.82) is 5.26 Å². The molecule has 0 aromatic carbocycles. The van der Waals surface area contributed by atoms with Crippen LogP contribution in [-0.4, -0.2) is 51.0 Å². The Labute approximate surface area is 204 Å². The van der Waals surface area contributed by atoms with Crippen LogP contribution in [0, 0.1) is 18.3 Å². The van der Waals surface area contributed by atoms with Gasteiger partial charge in [-0.2, -0.15) is 5.26 Å². The van der Waals surface area contributed by atoms with Crippen LogP contribution < -0.4 is 10.5 Å². The molecule has 2 unspecified atom stereocenters. The normalized spacial score (nSPS) is 25.4. The van der Waals surface area contributed by atoms with E-state index in [1.807, 2.05) is 26.8 Å². The Morgan fingerprint density at radius 2 is 1.85 bits per heavy atom. The molecule has 3 aliphatic rings. The van der Waals surface area contributed by atoms with Crippen molar-refractivity contribution in [2.75, 3.05) is 18.0 Å². The van der Waals surface area contributed by atoms with Gasteiger partial charge in [-0.15, -0.1) is 0 Å². The lowest BCUT2D eigenvalue weighted by atomic mass is 10.0. The van der Waals surface area contributed by atoms with Crippen LogP contribution >= 0.6 is 24.0 Å². The van der Waals surface area contributed by atoms with E-state index in [9.17, 15) is 14.9 Å². The second kappa shape index (κ2) is 9.61. The fourth-order valence-electron chi connectivity index (χ4n) is 5.22. The third-order valence-corrected chi connectivity index (χ3v) is 8.00. The van der Waals surface area contributed by atoms with Gasteiger partial charge in [-0.3, -0.25) is 19.1 Å². The van der Waals surface area contributed by atoms with E-state index in [2.05, 4.69) is 11.0 Å². The Morgan fingerprint density at radius 3 is 2.42 bits per heavy atom. The molecule has 2 saturated heterocycles. The van der Waals surface area contributed by atoms with Crippen LogP contribution in [0.5, 0.6) is 0 Å². The van der Waals surface area contributed by atoms with E-state index in [-0.39, 0.29) is 35.3 Å². The average Bonchev–Trinajstić information content (AvgIpc) is 3.37. The predicted molar refractivity (Wildman–Crippen MR) is 135 cm³/mol. The zero-order valence-corrected chi connectivity index (χ0v) is 21.2. The highest BCUT2D eigenvalue weighted by atomic mass is 32.2. The number of ether oxygens (including phenoxy) is 1. The highest BCUT2D eigenvalue weighted by Crippen LogP contribution is 2.39. The van der Waals surface area contributed by atoms with E-state index in [0.717, 1.165) is 37.1 Å². The van der Waals surface area contributed by atoms with Crippen molar-refractivity contribution >= 4 is 46.1 Å². The molecule has 3 heterocycles. The first-order chi connectivity index (χ1) is 15.8. The maximum Gasteiger partial charge on any atom is 0.270 e. The molecule has 7 nitrogen and oxygen atoms in total. The molecule has 0 radical (unpaired) electrons. The van der Waals surface area contributed by atoms with Crippen LogP contribution in [0.4, 0.5) is 5.82 Å². The number of nitrogens with zero attached hydrogens (tertiary/aromatic N) is 4. The first-order valence-corrected chi connectivity index (χ1v) is 12.8. The number of amides is 1. The third kappa shape index (κ3) is 4.36. The number of hydrogen-bond acceptors (Lipinski definition) is 7. The second-order valence-electron chi connectivity index (χ2n) is 9.05. The number of nitriles is 1.